The molecule has 0 heterocycles. The van der Waals surface area contributed by atoms with E-state index in [2.05, 4.69) is 11.7 Å². The maximum absolute atomic E-state index is 10.8. The van der Waals surface area contributed by atoms with Gasteiger partial charge in [-0.2, -0.15) is 0 Å². The van der Waals surface area contributed by atoms with Crippen molar-refractivity contribution in [3.63, 3.8) is 0 Å². The number of hydrogen-bond acceptors (Lipinski definition) is 3. The molecular formula is C9H17ClO3Pu. The fraction of sp³-hybridized carbons (Fsp3) is 0.889. The number of hydrogen-bond donors (Lipinski definition) is 0. The van der Waals surface area contributed by atoms with Crippen LogP contribution < -0.4 is 0 Å². The van der Waals surface area contributed by atoms with Gasteiger partial charge in [-0.15, -0.1) is 0 Å². The van der Waals surface area contributed by atoms with Gasteiger partial charge < -0.3 is 9.47 Å². The van der Waals surface area contributed by atoms with E-state index in [9.17, 15) is 4.79 Å². The Morgan fingerprint density at radius 2 is 2.00 bits per heavy atom. The smallest absolute Gasteiger partial charge is 0.434 e. The van der Waals surface area contributed by atoms with Gasteiger partial charge in [0.25, 0.3) is 0 Å². The van der Waals surface area contributed by atoms with Crippen LogP contribution in [0, 0.1) is 29.2 Å². The van der Waals surface area contributed by atoms with Crippen LogP contribution in [-0.4, -0.2) is 18.3 Å². The monoisotopic (exact) mass is 446 g/mol. The van der Waals surface area contributed by atoms with E-state index in [0.29, 0.717) is 6.61 Å². The molecule has 0 aromatic carbocycles. The molecule has 1 atom stereocenters. The van der Waals surface area contributed by atoms with Crippen LogP contribution in [0.5, 0.6) is 0 Å². The van der Waals surface area contributed by atoms with Gasteiger partial charge in [-0.1, -0.05) is 37.8 Å². The van der Waals surface area contributed by atoms with Gasteiger partial charge in [-0.05, 0) is 13.3 Å². The number of halogens is 1. The second kappa shape index (κ2) is 11.6. The van der Waals surface area contributed by atoms with Gasteiger partial charge >= 0.3 is 6.16 Å². The maximum atomic E-state index is 10.8. The van der Waals surface area contributed by atoms with Crippen molar-refractivity contribution in [1.29, 1.82) is 0 Å². The van der Waals surface area contributed by atoms with E-state index in [1.165, 1.54) is 12.8 Å². The van der Waals surface area contributed by atoms with Crippen molar-refractivity contribution >= 4 is 17.8 Å². The molecule has 0 radical (unpaired) electrons. The normalized spacial score (nSPS) is 11.4. The Labute approximate surface area is 112 Å². The van der Waals surface area contributed by atoms with Gasteiger partial charge in [0.2, 0.25) is 0 Å². The summed E-state index contributed by atoms with van der Waals surface area (Å²) in [6, 6.07) is 0. The van der Waals surface area contributed by atoms with Crippen LogP contribution in [-0.2, 0) is 9.47 Å². The quantitative estimate of drug-likeness (QED) is 0.352. The summed E-state index contributed by atoms with van der Waals surface area (Å²) in [5.74, 6) is 0. The van der Waals surface area contributed by atoms with E-state index in [4.69, 9.17) is 16.3 Å². The molecule has 0 aromatic rings. The van der Waals surface area contributed by atoms with Gasteiger partial charge in [0.05, 0.1) is 6.61 Å². The number of unbranched alkanes of at least 4 members (excludes halogenated alkanes) is 3. The van der Waals surface area contributed by atoms with Crippen LogP contribution in [0.3, 0.4) is 0 Å². The Hall–Kier alpha value is 0.547. The molecule has 0 aromatic heterocycles. The van der Waals surface area contributed by atoms with Gasteiger partial charge in [-0.25, -0.2) is 4.79 Å². The molecule has 0 amide bonds. The summed E-state index contributed by atoms with van der Waals surface area (Å²) in [5, 5.41) is 0. The SMILES string of the molecule is CCCCCCOC(=O)OC(C)Cl.[Pu]. The molecule has 0 rings (SSSR count). The maximum Gasteiger partial charge on any atom is 0.509 e. The summed E-state index contributed by atoms with van der Waals surface area (Å²) in [5.41, 5.74) is -0.622. The van der Waals surface area contributed by atoms with Crippen molar-refractivity contribution in [2.75, 3.05) is 6.61 Å². The second-order valence-corrected chi connectivity index (χ2v) is 3.43. The fourth-order valence-electron chi connectivity index (χ4n) is 0.851. The first-order valence-corrected chi connectivity index (χ1v) is 5.08. The first-order chi connectivity index (χ1) is 6.16. The minimum atomic E-state index is -0.681. The second-order valence-electron chi connectivity index (χ2n) is 2.82. The first kappa shape index (κ1) is 17.0. The fourth-order valence-corrected chi connectivity index (χ4v) is 0.924. The predicted octanol–water partition coefficient (Wildman–Crippen LogP) is 3.30. The average molecular weight is 453 g/mol. The third-order valence-corrected chi connectivity index (χ3v) is 1.57. The number of ether oxygens (including phenoxy) is 2. The summed E-state index contributed by atoms with van der Waals surface area (Å²) in [7, 11) is 0. The Morgan fingerprint density at radius 1 is 1.36 bits per heavy atom. The van der Waals surface area contributed by atoms with E-state index in [1.807, 2.05) is 0 Å². The van der Waals surface area contributed by atoms with E-state index >= 15 is 0 Å². The van der Waals surface area contributed by atoms with Gasteiger partial charge in [0.15, 0.2) is 5.56 Å². The van der Waals surface area contributed by atoms with E-state index in [1.54, 1.807) is 6.92 Å². The Kier molecular flexibility index (Phi) is 14.1. The van der Waals surface area contributed by atoms with Gasteiger partial charge in [0, 0.05) is 29.2 Å². The van der Waals surface area contributed by atoms with Gasteiger partial charge in [-0.3, -0.25) is 0 Å². The molecule has 0 spiro atoms. The minimum absolute atomic E-state index is 0. The number of alkyl halides is 1. The van der Waals surface area contributed by atoms with Gasteiger partial charge in [0.1, 0.15) is 0 Å². The van der Waals surface area contributed by atoms with Crippen molar-refractivity contribution in [1.82, 2.24) is 0 Å². The summed E-state index contributed by atoms with van der Waals surface area (Å²) in [4.78, 5) is 10.8. The average Bonchev–Trinajstić information content (AvgIpc) is 2.02. The Morgan fingerprint density at radius 3 is 2.50 bits per heavy atom. The zero-order valence-corrected chi connectivity index (χ0v) is 12.8. The zero-order chi connectivity index (χ0) is 10.1. The van der Waals surface area contributed by atoms with Crippen LogP contribution >= 0.6 is 11.6 Å². The van der Waals surface area contributed by atoms with Crippen molar-refractivity contribution in [3.05, 3.63) is 0 Å². The molecule has 14 heavy (non-hydrogen) atoms. The van der Waals surface area contributed by atoms with Crippen LogP contribution in [0.1, 0.15) is 39.5 Å². The van der Waals surface area contributed by atoms with Crippen molar-refractivity contribution in [2.45, 2.75) is 45.1 Å². The molecule has 0 saturated heterocycles. The summed E-state index contributed by atoms with van der Waals surface area (Å²) in [6.45, 7) is 4.12. The molecule has 0 saturated carbocycles. The summed E-state index contributed by atoms with van der Waals surface area (Å²) < 4.78 is 9.31. The summed E-state index contributed by atoms with van der Waals surface area (Å²) in [6.07, 6.45) is 3.63. The third kappa shape index (κ3) is 12.5. The molecule has 84 valence electrons. The molecule has 3 nitrogen and oxygen atoms in total. The van der Waals surface area contributed by atoms with E-state index in [0.717, 1.165) is 12.8 Å². The minimum Gasteiger partial charge on any atom is -0.434 e. The first-order valence-electron chi connectivity index (χ1n) is 4.64. The summed E-state index contributed by atoms with van der Waals surface area (Å²) >= 11 is 5.41. The standard InChI is InChI=1S/C9H17ClO3.Pu/c1-3-4-5-6-7-12-9(11)13-8(2)10;/h8H,3-7H2,1-2H3;. The molecule has 0 aliphatic carbocycles. The van der Waals surface area contributed by atoms with Crippen molar-refractivity contribution in [3.8, 4) is 0 Å². The Bertz CT molecular complexity index is 142. The zero-order valence-electron chi connectivity index (χ0n) is 8.62. The molecule has 0 bridgehead atoms. The molecule has 1 unspecified atom stereocenters. The largest absolute Gasteiger partial charge is 0.509 e. The topological polar surface area (TPSA) is 35.5 Å². The van der Waals surface area contributed by atoms with Crippen molar-refractivity contribution < 1.29 is 43.4 Å². The number of rotatable bonds is 6. The van der Waals surface area contributed by atoms with Crippen LogP contribution in [0.15, 0.2) is 0 Å². The van der Waals surface area contributed by atoms with Crippen LogP contribution in [0.2, 0.25) is 0 Å². The van der Waals surface area contributed by atoms with Crippen LogP contribution in [0.4, 0.5) is 4.79 Å². The molecular weight excluding hydrogens is 436 g/mol. The molecule has 0 N–H and O–H groups in total. The van der Waals surface area contributed by atoms with Crippen molar-refractivity contribution in [2.24, 2.45) is 0 Å². The molecule has 0 aliphatic heterocycles. The Balaban J connectivity index is 0. The van der Waals surface area contributed by atoms with E-state index < -0.39 is 11.7 Å². The van der Waals surface area contributed by atoms with Crippen LogP contribution in [0.25, 0.3) is 0 Å². The number of carbonyl (C=O) groups excluding carboxylic acids is 1. The third-order valence-electron chi connectivity index (χ3n) is 1.48. The molecule has 0 aliphatic rings. The molecule has 5 heteroatoms. The number of carbonyl (C=O) groups is 1. The molecule has 0 fully saturated rings. The van der Waals surface area contributed by atoms with E-state index in [-0.39, 0.29) is 29.2 Å². The predicted molar refractivity (Wildman–Crippen MR) is 51.9 cm³/mol.